The van der Waals surface area contributed by atoms with Crippen molar-refractivity contribution in [2.75, 3.05) is 14.2 Å². The van der Waals surface area contributed by atoms with Crippen LogP contribution >= 0.6 is 11.6 Å². The third-order valence-electron chi connectivity index (χ3n) is 4.16. The Morgan fingerprint density at radius 2 is 2.04 bits per heavy atom. The van der Waals surface area contributed by atoms with Crippen LogP contribution in [0.3, 0.4) is 0 Å². The van der Waals surface area contributed by atoms with E-state index in [1.807, 2.05) is 48.5 Å². The molecule has 0 saturated heterocycles. The van der Waals surface area contributed by atoms with Crippen molar-refractivity contribution in [2.45, 2.75) is 19.4 Å². The van der Waals surface area contributed by atoms with Crippen LogP contribution in [-0.4, -0.2) is 35.1 Å². The highest BCUT2D eigenvalue weighted by Gasteiger charge is 2.15. The number of methoxy groups -OCH3 is 1. The van der Waals surface area contributed by atoms with Crippen molar-refractivity contribution in [3.8, 4) is 17.1 Å². The molecule has 0 fully saturated rings. The molecule has 7 heteroatoms. The molecule has 0 aliphatic carbocycles. The molecule has 3 rings (SSSR count). The normalized spacial score (nSPS) is 10.6. The summed E-state index contributed by atoms with van der Waals surface area (Å²) in [6.07, 6.45) is 0.943. The van der Waals surface area contributed by atoms with E-state index >= 15 is 0 Å². The van der Waals surface area contributed by atoms with Gasteiger partial charge in [0.15, 0.2) is 0 Å². The van der Waals surface area contributed by atoms with Gasteiger partial charge in [0, 0.05) is 24.1 Å². The fraction of sp³-hybridized carbons (Fsp3) is 0.250. The molecule has 2 aromatic carbocycles. The van der Waals surface area contributed by atoms with Crippen LogP contribution in [0.5, 0.6) is 5.75 Å². The Kier molecular flexibility index (Phi) is 6.08. The zero-order valence-corrected chi connectivity index (χ0v) is 15.9. The fourth-order valence-electron chi connectivity index (χ4n) is 2.62. The maximum Gasteiger partial charge on any atom is 0.246 e. The first kappa shape index (κ1) is 18.9. The lowest BCUT2D eigenvalue weighted by Crippen LogP contribution is -2.26. The van der Waals surface area contributed by atoms with E-state index < -0.39 is 0 Å². The molecule has 1 aromatic heterocycles. The molecule has 6 nitrogen and oxygen atoms in total. The molecule has 0 bridgehead atoms. The Morgan fingerprint density at radius 1 is 1.22 bits per heavy atom. The molecule has 1 heterocycles. The first-order valence-electron chi connectivity index (χ1n) is 8.51. The molecule has 0 aliphatic rings. The number of carbonyl (C=O) groups excluding carboxylic acids is 1. The van der Waals surface area contributed by atoms with E-state index in [1.165, 1.54) is 0 Å². The maximum atomic E-state index is 12.4. The van der Waals surface area contributed by atoms with Gasteiger partial charge in [-0.1, -0.05) is 47.1 Å². The summed E-state index contributed by atoms with van der Waals surface area (Å²) >= 11 is 6.13. The first-order valence-corrected chi connectivity index (χ1v) is 8.89. The van der Waals surface area contributed by atoms with E-state index in [-0.39, 0.29) is 12.5 Å². The average molecular weight is 386 g/mol. The molecule has 1 amide bonds. The third kappa shape index (κ3) is 4.86. The number of halogens is 1. The summed E-state index contributed by atoms with van der Waals surface area (Å²) in [7, 11) is 3.31. The molecule has 3 aromatic rings. The molecular weight excluding hydrogens is 366 g/mol. The minimum absolute atomic E-state index is 0.0175. The van der Waals surface area contributed by atoms with Gasteiger partial charge in [0.1, 0.15) is 5.75 Å². The van der Waals surface area contributed by atoms with Crippen LogP contribution in [-0.2, 0) is 17.8 Å². The molecule has 0 saturated carbocycles. The predicted molar refractivity (Wildman–Crippen MR) is 103 cm³/mol. The monoisotopic (exact) mass is 385 g/mol. The zero-order chi connectivity index (χ0) is 19.2. The van der Waals surface area contributed by atoms with Gasteiger partial charge in [-0.15, -0.1) is 0 Å². The van der Waals surface area contributed by atoms with Crippen molar-refractivity contribution in [1.82, 2.24) is 15.0 Å². The predicted octanol–water partition coefficient (Wildman–Crippen LogP) is 3.99. The number of benzene rings is 2. The number of ether oxygens (including phenoxy) is 1. The first-order chi connectivity index (χ1) is 13.1. The van der Waals surface area contributed by atoms with E-state index in [9.17, 15) is 4.79 Å². The summed E-state index contributed by atoms with van der Waals surface area (Å²) in [5.74, 6) is 1.53. The largest absolute Gasteiger partial charge is 0.497 e. The van der Waals surface area contributed by atoms with Gasteiger partial charge in [0.05, 0.1) is 13.7 Å². The number of hydrogen-bond donors (Lipinski definition) is 0. The summed E-state index contributed by atoms with van der Waals surface area (Å²) in [6, 6.07) is 14.9. The molecule has 27 heavy (non-hydrogen) atoms. The number of amides is 1. The van der Waals surface area contributed by atoms with Gasteiger partial charge in [0.2, 0.25) is 17.6 Å². The third-order valence-corrected chi connectivity index (χ3v) is 4.53. The summed E-state index contributed by atoms with van der Waals surface area (Å²) in [5.41, 5.74) is 1.75. The van der Waals surface area contributed by atoms with Gasteiger partial charge in [-0.2, -0.15) is 4.98 Å². The lowest BCUT2D eigenvalue weighted by molar-refractivity contribution is -0.130. The Balaban J connectivity index is 1.59. The summed E-state index contributed by atoms with van der Waals surface area (Å²) < 4.78 is 10.5. The smallest absolute Gasteiger partial charge is 0.246 e. The summed E-state index contributed by atoms with van der Waals surface area (Å²) in [6.45, 7) is 0.248. The Morgan fingerprint density at radius 3 is 2.81 bits per heavy atom. The van der Waals surface area contributed by atoms with E-state index in [1.54, 1.807) is 19.1 Å². The van der Waals surface area contributed by atoms with Crippen molar-refractivity contribution >= 4 is 17.5 Å². The van der Waals surface area contributed by atoms with Crippen LogP contribution in [0.4, 0.5) is 0 Å². The van der Waals surface area contributed by atoms with Gasteiger partial charge in [-0.3, -0.25) is 4.79 Å². The molecule has 0 N–H and O–H groups in total. The summed E-state index contributed by atoms with van der Waals surface area (Å²) in [4.78, 5) is 18.3. The van der Waals surface area contributed by atoms with Crippen molar-refractivity contribution in [1.29, 1.82) is 0 Å². The maximum absolute atomic E-state index is 12.4. The fourth-order valence-corrected chi connectivity index (χ4v) is 2.85. The number of hydrogen-bond acceptors (Lipinski definition) is 5. The number of aryl methyl sites for hydroxylation is 1. The van der Waals surface area contributed by atoms with E-state index in [0.29, 0.717) is 35.3 Å². The second kappa shape index (κ2) is 8.68. The van der Waals surface area contributed by atoms with Gasteiger partial charge in [-0.05, 0) is 30.2 Å². The molecule has 0 atom stereocenters. The van der Waals surface area contributed by atoms with Crippen LogP contribution in [0, 0.1) is 0 Å². The Bertz CT molecular complexity index is 926. The molecule has 0 unspecified atom stereocenters. The highest BCUT2D eigenvalue weighted by Crippen LogP contribution is 2.21. The number of aromatic nitrogens is 2. The van der Waals surface area contributed by atoms with Gasteiger partial charge in [-0.25, -0.2) is 0 Å². The van der Waals surface area contributed by atoms with E-state index in [4.69, 9.17) is 20.9 Å². The lowest BCUT2D eigenvalue weighted by Gasteiger charge is -2.14. The molecule has 0 aliphatic heterocycles. The summed E-state index contributed by atoms with van der Waals surface area (Å²) in [5, 5.41) is 4.66. The van der Waals surface area contributed by atoms with Gasteiger partial charge < -0.3 is 14.2 Å². The minimum Gasteiger partial charge on any atom is -0.497 e. The van der Waals surface area contributed by atoms with Crippen molar-refractivity contribution in [2.24, 2.45) is 0 Å². The second-order valence-corrected chi connectivity index (χ2v) is 6.49. The number of rotatable bonds is 7. The van der Waals surface area contributed by atoms with Crippen LogP contribution in [0.15, 0.2) is 53.1 Å². The van der Waals surface area contributed by atoms with E-state index in [2.05, 4.69) is 10.1 Å². The van der Waals surface area contributed by atoms with Crippen LogP contribution < -0.4 is 4.74 Å². The van der Waals surface area contributed by atoms with Crippen molar-refractivity contribution in [3.05, 3.63) is 65.0 Å². The Labute approximate surface area is 162 Å². The molecule has 0 spiro atoms. The highest BCUT2D eigenvalue weighted by molar-refractivity contribution is 6.31. The van der Waals surface area contributed by atoms with Gasteiger partial charge in [0.25, 0.3) is 0 Å². The minimum atomic E-state index is -0.0175. The average Bonchev–Trinajstić information content (AvgIpc) is 3.15. The zero-order valence-electron chi connectivity index (χ0n) is 15.2. The van der Waals surface area contributed by atoms with Gasteiger partial charge >= 0.3 is 0 Å². The van der Waals surface area contributed by atoms with Crippen LogP contribution in [0.2, 0.25) is 5.02 Å². The second-order valence-electron chi connectivity index (χ2n) is 6.08. The highest BCUT2D eigenvalue weighted by atomic mass is 35.5. The topological polar surface area (TPSA) is 68.5 Å². The standard InChI is InChI=1S/C20H20ClN3O3/c1-24(19(25)11-10-14-6-3-4-9-17(14)21)13-18-22-20(23-27-18)15-7-5-8-16(12-15)26-2/h3-9,12H,10-11,13H2,1-2H3. The molecule has 140 valence electrons. The quantitative estimate of drug-likeness (QED) is 0.615. The van der Waals surface area contributed by atoms with Crippen molar-refractivity contribution in [3.63, 3.8) is 0 Å². The Hall–Kier alpha value is -2.86. The van der Waals surface area contributed by atoms with Crippen LogP contribution in [0.25, 0.3) is 11.4 Å². The molecule has 0 radical (unpaired) electrons. The number of carbonyl (C=O) groups is 1. The van der Waals surface area contributed by atoms with Crippen LogP contribution in [0.1, 0.15) is 17.9 Å². The van der Waals surface area contributed by atoms with E-state index in [0.717, 1.165) is 11.1 Å². The van der Waals surface area contributed by atoms with Crippen molar-refractivity contribution < 1.29 is 14.1 Å². The lowest BCUT2D eigenvalue weighted by atomic mass is 10.1. The number of nitrogens with zero attached hydrogens (tertiary/aromatic N) is 3. The molecular formula is C20H20ClN3O3. The SMILES string of the molecule is COc1cccc(-c2noc(CN(C)C(=O)CCc3ccccc3Cl)n2)c1.